The summed E-state index contributed by atoms with van der Waals surface area (Å²) in [4.78, 5) is 12.0. The Balaban J connectivity index is 1.59. The summed E-state index contributed by atoms with van der Waals surface area (Å²) in [6.45, 7) is 0.170. The number of hydrogen-bond donors (Lipinski definition) is 1. The van der Waals surface area contributed by atoms with E-state index in [4.69, 9.17) is 9.47 Å². The molecular weight excluding hydrogens is 268 g/mol. The average Bonchev–Trinajstić information content (AvgIpc) is 2.55. The molecule has 21 heavy (non-hydrogen) atoms. The molecule has 0 saturated carbocycles. The molecule has 106 valence electrons. The number of rotatable bonds is 3. The minimum atomic E-state index is -0.701. The minimum absolute atomic E-state index is 0.170. The lowest BCUT2D eigenvalue weighted by molar-refractivity contribution is -0.130. The van der Waals surface area contributed by atoms with Crippen LogP contribution in [-0.4, -0.2) is 24.8 Å². The Kier molecular flexibility index (Phi) is 3.82. The van der Waals surface area contributed by atoms with E-state index in [-0.39, 0.29) is 12.5 Å². The highest BCUT2D eigenvalue weighted by Gasteiger charge is 2.26. The van der Waals surface area contributed by atoms with E-state index in [1.807, 2.05) is 42.5 Å². The number of amides is 1. The van der Waals surface area contributed by atoms with Gasteiger partial charge in [0.05, 0.1) is 6.21 Å². The molecule has 1 atom stereocenters. The standard InChI is InChI=1S/C16H14N2O3/c19-16(18-17-10-12-6-2-1-3-7-12)15-11-20-13-8-4-5-9-14(13)21-15/h1-10,15H,11H2,(H,18,19)/b17-10-/t15-/m1/s1. The Morgan fingerprint density at radius 3 is 2.62 bits per heavy atom. The lowest BCUT2D eigenvalue weighted by atomic mass is 10.2. The van der Waals surface area contributed by atoms with E-state index >= 15 is 0 Å². The molecule has 0 spiro atoms. The van der Waals surface area contributed by atoms with Crippen LogP contribution in [0.2, 0.25) is 0 Å². The molecule has 2 aromatic carbocycles. The second-order valence-electron chi connectivity index (χ2n) is 4.51. The van der Waals surface area contributed by atoms with Crippen LogP contribution in [0.15, 0.2) is 59.7 Å². The molecule has 0 unspecified atom stereocenters. The monoisotopic (exact) mass is 282 g/mol. The lowest BCUT2D eigenvalue weighted by Crippen LogP contribution is -2.42. The fraction of sp³-hybridized carbons (Fsp3) is 0.125. The molecule has 0 fully saturated rings. The SMILES string of the molecule is O=C(N/N=C\c1ccccc1)[C@H]1COc2ccccc2O1. The molecule has 1 N–H and O–H groups in total. The van der Waals surface area contributed by atoms with E-state index in [1.54, 1.807) is 18.3 Å². The first-order valence-corrected chi connectivity index (χ1v) is 6.59. The zero-order valence-electron chi connectivity index (χ0n) is 11.2. The van der Waals surface area contributed by atoms with Crippen molar-refractivity contribution in [1.29, 1.82) is 0 Å². The molecule has 0 bridgehead atoms. The number of nitrogens with one attached hydrogen (secondary N) is 1. The van der Waals surface area contributed by atoms with Crippen molar-refractivity contribution in [2.45, 2.75) is 6.10 Å². The summed E-state index contributed by atoms with van der Waals surface area (Å²) in [6.07, 6.45) is 0.878. The van der Waals surface area contributed by atoms with Crippen LogP contribution < -0.4 is 14.9 Å². The highest BCUT2D eigenvalue weighted by Crippen LogP contribution is 2.30. The average molecular weight is 282 g/mol. The maximum atomic E-state index is 12.0. The smallest absolute Gasteiger partial charge is 0.284 e. The van der Waals surface area contributed by atoms with E-state index in [1.165, 1.54) is 0 Å². The normalized spacial score (nSPS) is 16.7. The summed E-state index contributed by atoms with van der Waals surface area (Å²) in [6, 6.07) is 16.8. The van der Waals surface area contributed by atoms with Gasteiger partial charge in [-0.2, -0.15) is 5.10 Å². The van der Waals surface area contributed by atoms with Gasteiger partial charge >= 0.3 is 0 Å². The lowest BCUT2D eigenvalue weighted by Gasteiger charge is -2.24. The van der Waals surface area contributed by atoms with Crippen molar-refractivity contribution in [1.82, 2.24) is 5.43 Å². The summed E-state index contributed by atoms with van der Waals surface area (Å²) in [5.74, 6) is 0.877. The first-order valence-electron chi connectivity index (χ1n) is 6.59. The maximum Gasteiger partial charge on any atom is 0.284 e. The van der Waals surface area contributed by atoms with E-state index < -0.39 is 6.10 Å². The molecule has 1 heterocycles. The minimum Gasteiger partial charge on any atom is -0.485 e. The third-order valence-corrected chi connectivity index (χ3v) is 2.99. The Hall–Kier alpha value is -2.82. The Bertz CT molecular complexity index is 656. The van der Waals surface area contributed by atoms with Crippen LogP contribution in [0.4, 0.5) is 0 Å². The number of hydrazone groups is 1. The molecule has 0 radical (unpaired) electrons. The second kappa shape index (κ2) is 6.09. The van der Waals surface area contributed by atoms with Gasteiger partial charge in [0, 0.05) is 0 Å². The molecular formula is C16H14N2O3. The molecule has 0 saturated heterocycles. The van der Waals surface area contributed by atoms with Crippen LogP contribution >= 0.6 is 0 Å². The number of para-hydroxylation sites is 2. The van der Waals surface area contributed by atoms with Crippen molar-refractivity contribution < 1.29 is 14.3 Å². The van der Waals surface area contributed by atoms with E-state index in [2.05, 4.69) is 10.5 Å². The molecule has 5 heteroatoms. The van der Waals surface area contributed by atoms with Crippen LogP contribution in [0.25, 0.3) is 0 Å². The zero-order chi connectivity index (χ0) is 14.5. The molecule has 1 amide bonds. The zero-order valence-corrected chi connectivity index (χ0v) is 11.2. The third kappa shape index (κ3) is 3.20. The third-order valence-electron chi connectivity index (χ3n) is 2.99. The Morgan fingerprint density at radius 1 is 1.10 bits per heavy atom. The second-order valence-corrected chi connectivity index (χ2v) is 4.51. The number of carbonyl (C=O) groups excluding carboxylic acids is 1. The van der Waals surface area contributed by atoms with Crippen molar-refractivity contribution in [3.05, 3.63) is 60.2 Å². The van der Waals surface area contributed by atoms with Crippen molar-refractivity contribution in [3.8, 4) is 11.5 Å². The summed E-state index contributed by atoms with van der Waals surface area (Å²) >= 11 is 0. The van der Waals surface area contributed by atoms with E-state index in [0.29, 0.717) is 11.5 Å². The number of ether oxygens (including phenoxy) is 2. The Labute approximate surface area is 122 Å². The first-order chi connectivity index (χ1) is 10.3. The van der Waals surface area contributed by atoms with Gasteiger partial charge in [0.1, 0.15) is 6.61 Å². The quantitative estimate of drug-likeness (QED) is 0.691. The number of fused-ring (bicyclic) bond motifs is 1. The molecule has 1 aliphatic heterocycles. The van der Waals surface area contributed by atoms with E-state index in [0.717, 1.165) is 5.56 Å². The van der Waals surface area contributed by atoms with Gasteiger partial charge < -0.3 is 9.47 Å². The predicted molar refractivity (Wildman–Crippen MR) is 78.5 cm³/mol. The number of hydrogen-bond acceptors (Lipinski definition) is 4. The number of nitrogens with zero attached hydrogens (tertiary/aromatic N) is 1. The van der Waals surface area contributed by atoms with Gasteiger partial charge in [-0.05, 0) is 17.7 Å². The highest BCUT2D eigenvalue weighted by molar-refractivity contribution is 5.84. The fourth-order valence-corrected chi connectivity index (χ4v) is 1.93. The Morgan fingerprint density at radius 2 is 1.81 bits per heavy atom. The predicted octanol–water partition coefficient (Wildman–Crippen LogP) is 1.98. The molecule has 0 aliphatic carbocycles. The van der Waals surface area contributed by atoms with Gasteiger partial charge in [0.15, 0.2) is 11.5 Å². The fourth-order valence-electron chi connectivity index (χ4n) is 1.93. The number of carbonyl (C=O) groups is 1. The van der Waals surface area contributed by atoms with Crippen molar-refractivity contribution in [2.24, 2.45) is 5.10 Å². The van der Waals surface area contributed by atoms with Crippen LogP contribution in [0.5, 0.6) is 11.5 Å². The summed E-state index contributed by atoms with van der Waals surface area (Å²) < 4.78 is 11.1. The van der Waals surface area contributed by atoms with Crippen molar-refractivity contribution >= 4 is 12.1 Å². The molecule has 2 aromatic rings. The van der Waals surface area contributed by atoms with Gasteiger partial charge in [-0.1, -0.05) is 42.5 Å². The molecule has 0 aromatic heterocycles. The topological polar surface area (TPSA) is 59.9 Å². The highest BCUT2D eigenvalue weighted by atomic mass is 16.6. The van der Waals surface area contributed by atoms with Crippen LogP contribution in [0, 0.1) is 0 Å². The molecule has 5 nitrogen and oxygen atoms in total. The van der Waals surface area contributed by atoms with Crippen molar-refractivity contribution in [3.63, 3.8) is 0 Å². The van der Waals surface area contributed by atoms with Crippen LogP contribution in [-0.2, 0) is 4.79 Å². The summed E-state index contributed by atoms with van der Waals surface area (Å²) in [5, 5.41) is 3.91. The van der Waals surface area contributed by atoms with Gasteiger partial charge in [-0.3, -0.25) is 4.79 Å². The summed E-state index contributed by atoms with van der Waals surface area (Å²) in [7, 11) is 0. The summed E-state index contributed by atoms with van der Waals surface area (Å²) in [5.41, 5.74) is 3.36. The van der Waals surface area contributed by atoms with Crippen molar-refractivity contribution in [2.75, 3.05) is 6.61 Å². The molecule has 3 rings (SSSR count). The van der Waals surface area contributed by atoms with Gasteiger partial charge in [-0.15, -0.1) is 0 Å². The van der Waals surface area contributed by atoms with Crippen LogP contribution in [0.3, 0.4) is 0 Å². The van der Waals surface area contributed by atoms with Crippen LogP contribution in [0.1, 0.15) is 5.56 Å². The van der Waals surface area contributed by atoms with Gasteiger partial charge in [-0.25, -0.2) is 5.43 Å². The van der Waals surface area contributed by atoms with Gasteiger partial charge in [0.25, 0.3) is 5.91 Å². The number of benzene rings is 2. The maximum absolute atomic E-state index is 12.0. The first kappa shape index (κ1) is 13.2. The largest absolute Gasteiger partial charge is 0.485 e. The molecule has 1 aliphatic rings. The van der Waals surface area contributed by atoms with Gasteiger partial charge in [0.2, 0.25) is 6.10 Å². The van der Waals surface area contributed by atoms with E-state index in [9.17, 15) is 4.79 Å².